The van der Waals surface area contributed by atoms with Crippen LogP contribution in [0, 0.1) is 0 Å². The zero-order valence-electron chi connectivity index (χ0n) is 11.4. The third kappa shape index (κ3) is 4.03. The Labute approximate surface area is 113 Å². The van der Waals surface area contributed by atoms with E-state index < -0.39 is 5.60 Å². The molecule has 0 amide bonds. The van der Waals surface area contributed by atoms with Crippen molar-refractivity contribution in [3.05, 3.63) is 11.9 Å². The molecule has 0 fully saturated rings. The molecule has 0 saturated carbocycles. The molecule has 1 unspecified atom stereocenters. The zero-order chi connectivity index (χ0) is 13.6. The van der Waals surface area contributed by atoms with E-state index in [1.807, 2.05) is 20.2 Å². The largest absolute Gasteiger partial charge is 0.387 e. The lowest BCUT2D eigenvalue weighted by Crippen LogP contribution is -2.36. The number of aliphatic hydroxyl groups is 1. The molecule has 0 saturated heterocycles. The van der Waals surface area contributed by atoms with Gasteiger partial charge in [-0.1, -0.05) is 6.92 Å². The first kappa shape index (κ1) is 15.0. The standard InChI is InChI=1S/C12H22N4OS/c1-5-9-10(13-3)15-8-16-11(9)14-6-12(2,17)7-18-4/h8,17H,5-7H2,1-4H3,(H2,13,14,15,16). The minimum atomic E-state index is -0.741. The zero-order valence-corrected chi connectivity index (χ0v) is 12.3. The summed E-state index contributed by atoms with van der Waals surface area (Å²) in [5, 5.41) is 16.4. The summed E-state index contributed by atoms with van der Waals surface area (Å²) in [5.41, 5.74) is 0.301. The summed E-state index contributed by atoms with van der Waals surface area (Å²) in [5.74, 6) is 2.31. The molecule has 5 nitrogen and oxygen atoms in total. The summed E-state index contributed by atoms with van der Waals surface area (Å²) >= 11 is 1.63. The van der Waals surface area contributed by atoms with Crippen molar-refractivity contribution in [3.63, 3.8) is 0 Å². The number of nitrogens with zero attached hydrogens (tertiary/aromatic N) is 2. The van der Waals surface area contributed by atoms with Crippen LogP contribution >= 0.6 is 11.8 Å². The van der Waals surface area contributed by atoms with E-state index in [1.54, 1.807) is 11.8 Å². The molecule has 6 heteroatoms. The van der Waals surface area contributed by atoms with Crippen LogP contribution in [-0.2, 0) is 6.42 Å². The fraction of sp³-hybridized carbons (Fsp3) is 0.667. The van der Waals surface area contributed by atoms with Gasteiger partial charge >= 0.3 is 0 Å². The summed E-state index contributed by atoms with van der Waals surface area (Å²) < 4.78 is 0. The molecule has 0 aromatic carbocycles. The van der Waals surface area contributed by atoms with Gasteiger partial charge in [-0.15, -0.1) is 0 Å². The molecular formula is C12H22N4OS. The number of aromatic nitrogens is 2. The van der Waals surface area contributed by atoms with Crippen LogP contribution in [0.1, 0.15) is 19.4 Å². The van der Waals surface area contributed by atoms with Crippen LogP contribution in [0.4, 0.5) is 11.6 Å². The third-order valence-electron chi connectivity index (χ3n) is 2.63. The maximum atomic E-state index is 10.1. The van der Waals surface area contributed by atoms with Crippen molar-refractivity contribution in [2.24, 2.45) is 0 Å². The Kier molecular flexibility index (Phi) is 5.68. The average molecular weight is 270 g/mol. The predicted octanol–water partition coefficient (Wildman–Crippen LogP) is 1.61. The number of thioether (sulfide) groups is 1. The lowest BCUT2D eigenvalue weighted by atomic mass is 10.1. The molecule has 1 heterocycles. The van der Waals surface area contributed by atoms with E-state index in [0.717, 1.165) is 23.6 Å². The Morgan fingerprint density at radius 3 is 2.61 bits per heavy atom. The number of hydrogen-bond acceptors (Lipinski definition) is 6. The molecule has 0 aliphatic heterocycles. The first-order chi connectivity index (χ1) is 8.54. The fourth-order valence-electron chi connectivity index (χ4n) is 1.75. The Morgan fingerprint density at radius 1 is 1.39 bits per heavy atom. The highest BCUT2D eigenvalue weighted by atomic mass is 32.2. The molecule has 0 aliphatic carbocycles. The van der Waals surface area contributed by atoms with Gasteiger partial charge in [0.2, 0.25) is 0 Å². The van der Waals surface area contributed by atoms with Gasteiger partial charge in [-0.25, -0.2) is 9.97 Å². The third-order valence-corrected chi connectivity index (χ3v) is 3.54. The van der Waals surface area contributed by atoms with Crippen LogP contribution < -0.4 is 10.6 Å². The Morgan fingerprint density at radius 2 is 2.06 bits per heavy atom. The van der Waals surface area contributed by atoms with Crippen molar-refractivity contribution in [3.8, 4) is 0 Å². The summed E-state index contributed by atoms with van der Waals surface area (Å²) in [6.07, 6.45) is 4.34. The highest BCUT2D eigenvalue weighted by Crippen LogP contribution is 2.21. The normalized spacial score (nSPS) is 14.1. The molecular weight excluding hydrogens is 248 g/mol. The van der Waals surface area contributed by atoms with Crippen molar-refractivity contribution in [2.45, 2.75) is 25.9 Å². The topological polar surface area (TPSA) is 70.1 Å². The van der Waals surface area contributed by atoms with Crippen LogP contribution in [0.25, 0.3) is 0 Å². The average Bonchev–Trinajstić information content (AvgIpc) is 2.35. The molecule has 0 spiro atoms. The van der Waals surface area contributed by atoms with Gasteiger partial charge in [-0.3, -0.25) is 0 Å². The number of hydrogen-bond donors (Lipinski definition) is 3. The van der Waals surface area contributed by atoms with E-state index >= 15 is 0 Å². The Bertz CT molecular complexity index is 384. The van der Waals surface area contributed by atoms with Crippen molar-refractivity contribution >= 4 is 23.4 Å². The minimum Gasteiger partial charge on any atom is -0.387 e. The number of anilines is 2. The maximum Gasteiger partial charge on any atom is 0.134 e. The van der Waals surface area contributed by atoms with Crippen molar-refractivity contribution in [2.75, 3.05) is 36.2 Å². The van der Waals surface area contributed by atoms with E-state index in [1.165, 1.54) is 6.33 Å². The molecule has 0 aliphatic rings. The van der Waals surface area contributed by atoms with E-state index in [4.69, 9.17) is 0 Å². The van der Waals surface area contributed by atoms with E-state index in [9.17, 15) is 5.11 Å². The second-order valence-corrected chi connectivity index (χ2v) is 5.30. The second kappa shape index (κ2) is 6.80. The van der Waals surface area contributed by atoms with Gasteiger partial charge in [0.25, 0.3) is 0 Å². The van der Waals surface area contributed by atoms with Gasteiger partial charge in [-0.2, -0.15) is 11.8 Å². The summed E-state index contributed by atoms with van der Waals surface area (Å²) in [6.45, 7) is 4.36. The summed E-state index contributed by atoms with van der Waals surface area (Å²) in [7, 11) is 1.84. The maximum absolute atomic E-state index is 10.1. The van der Waals surface area contributed by atoms with Crippen molar-refractivity contribution in [1.82, 2.24) is 9.97 Å². The quantitative estimate of drug-likeness (QED) is 0.699. The van der Waals surface area contributed by atoms with Crippen molar-refractivity contribution in [1.29, 1.82) is 0 Å². The van der Waals surface area contributed by atoms with E-state index in [-0.39, 0.29) is 0 Å². The van der Waals surface area contributed by atoms with Crippen LogP contribution in [0.5, 0.6) is 0 Å². The van der Waals surface area contributed by atoms with Gasteiger partial charge in [0.1, 0.15) is 18.0 Å². The Hall–Kier alpha value is -1.01. The Balaban J connectivity index is 2.78. The van der Waals surface area contributed by atoms with Crippen molar-refractivity contribution < 1.29 is 5.11 Å². The van der Waals surface area contributed by atoms with Crippen LogP contribution in [0.3, 0.4) is 0 Å². The number of rotatable bonds is 7. The van der Waals surface area contributed by atoms with E-state index in [0.29, 0.717) is 12.3 Å². The molecule has 0 radical (unpaired) electrons. The lowest BCUT2D eigenvalue weighted by molar-refractivity contribution is 0.0996. The molecule has 18 heavy (non-hydrogen) atoms. The molecule has 102 valence electrons. The SMILES string of the molecule is CCc1c(NC)ncnc1NCC(C)(O)CSC. The smallest absolute Gasteiger partial charge is 0.134 e. The fourth-order valence-corrected chi connectivity index (χ4v) is 2.48. The van der Waals surface area contributed by atoms with E-state index in [2.05, 4.69) is 27.5 Å². The summed E-state index contributed by atoms with van der Waals surface area (Å²) in [4.78, 5) is 8.42. The predicted molar refractivity (Wildman–Crippen MR) is 78.5 cm³/mol. The summed E-state index contributed by atoms with van der Waals surface area (Å²) in [6, 6.07) is 0. The molecule has 3 N–H and O–H groups in total. The molecule has 1 atom stereocenters. The van der Waals surface area contributed by atoms with Gasteiger partial charge in [0, 0.05) is 24.9 Å². The molecule has 1 aromatic rings. The van der Waals surface area contributed by atoms with Gasteiger partial charge < -0.3 is 15.7 Å². The van der Waals surface area contributed by atoms with Crippen LogP contribution in [0.15, 0.2) is 6.33 Å². The highest BCUT2D eigenvalue weighted by Gasteiger charge is 2.20. The minimum absolute atomic E-state index is 0.473. The molecule has 0 bridgehead atoms. The second-order valence-electron chi connectivity index (χ2n) is 4.44. The first-order valence-electron chi connectivity index (χ1n) is 6.01. The number of nitrogens with one attached hydrogen (secondary N) is 2. The highest BCUT2D eigenvalue weighted by molar-refractivity contribution is 7.98. The van der Waals surface area contributed by atoms with Crippen LogP contribution in [-0.4, -0.2) is 46.3 Å². The van der Waals surface area contributed by atoms with Gasteiger partial charge in [0.05, 0.1) is 5.60 Å². The van der Waals surface area contributed by atoms with Gasteiger partial charge in [-0.05, 0) is 19.6 Å². The monoisotopic (exact) mass is 270 g/mol. The molecule has 1 aromatic heterocycles. The first-order valence-corrected chi connectivity index (χ1v) is 7.40. The molecule has 1 rings (SSSR count). The van der Waals surface area contributed by atoms with Crippen LogP contribution in [0.2, 0.25) is 0 Å². The lowest BCUT2D eigenvalue weighted by Gasteiger charge is -2.23. The van der Waals surface area contributed by atoms with Gasteiger partial charge in [0.15, 0.2) is 0 Å².